The number of alkyl halides is 1. The van der Waals surface area contributed by atoms with Crippen molar-refractivity contribution in [2.75, 3.05) is 6.61 Å². The van der Waals surface area contributed by atoms with Gasteiger partial charge in [-0.25, -0.2) is 13.6 Å². The molecule has 1 aromatic heterocycles. The van der Waals surface area contributed by atoms with Crippen LogP contribution >= 0.6 is 12.2 Å². The van der Waals surface area contributed by atoms with Gasteiger partial charge in [0.25, 0.3) is 0 Å². The van der Waals surface area contributed by atoms with Gasteiger partial charge < -0.3 is 14.9 Å². The Bertz CT molecular complexity index is 600. The van der Waals surface area contributed by atoms with Crippen LogP contribution in [0.5, 0.6) is 0 Å². The SMILES string of the molecule is C[C@@]1(O)C(F)[C@@H](CO)O[C@H]1n1cc(F)c(=S)[nH]c1=O. The molecule has 19 heavy (non-hydrogen) atoms. The average Bonchev–Trinajstić information content (AvgIpc) is 2.56. The minimum Gasteiger partial charge on any atom is -0.394 e. The van der Waals surface area contributed by atoms with E-state index in [1.54, 1.807) is 0 Å². The van der Waals surface area contributed by atoms with Crippen molar-refractivity contribution in [2.24, 2.45) is 0 Å². The molecular formula is C10H12F2N2O4S. The van der Waals surface area contributed by atoms with E-state index in [0.717, 1.165) is 13.1 Å². The molecule has 1 aliphatic heterocycles. The van der Waals surface area contributed by atoms with Gasteiger partial charge in [-0.1, -0.05) is 12.2 Å². The molecule has 3 N–H and O–H groups in total. The highest BCUT2D eigenvalue weighted by Gasteiger charge is 2.54. The molecule has 0 aromatic carbocycles. The minimum absolute atomic E-state index is 0.394. The number of aliphatic hydroxyl groups excluding tert-OH is 1. The Morgan fingerprint density at radius 2 is 2.32 bits per heavy atom. The van der Waals surface area contributed by atoms with Crippen molar-refractivity contribution < 1.29 is 23.7 Å². The van der Waals surface area contributed by atoms with Crippen LogP contribution in [0, 0.1) is 10.5 Å². The highest BCUT2D eigenvalue weighted by Crippen LogP contribution is 2.39. The van der Waals surface area contributed by atoms with E-state index >= 15 is 0 Å². The number of aromatic nitrogens is 2. The summed E-state index contributed by atoms with van der Waals surface area (Å²) in [6.45, 7) is 0.428. The maximum absolute atomic E-state index is 13.8. The van der Waals surface area contributed by atoms with Crippen LogP contribution in [0.1, 0.15) is 13.2 Å². The number of rotatable bonds is 2. The Morgan fingerprint density at radius 1 is 1.68 bits per heavy atom. The van der Waals surface area contributed by atoms with E-state index in [-0.39, 0.29) is 0 Å². The largest absolute Gasteiger partial charge is 0.394 e. The van der Waals surface area contributed by atoms with Gasteiger partial charge in [-0.2, -0.15) is 0 Å². The van der Waals surface area contributed by atoms with Crippen LogP contribution in [0.15, 0.2) is 11.0 Å². The smallest absolute Gasteiger partial charge is 0.328 e. The third kappa shape index (κ3) is 2.22. The molecule has 1 fully saturated rings. The number of ether oxygens (including phenoxy) is 1. The molecule has 1 unspecified atom stereocenters. The van der Waals surface area contributed by atoms with Gasteiger partial charge in [-0.15, -0.1) is 0 Å². The lowest BCUT2D eigenvalue weighted by Gasteiger charge is -2.26. The van der Waals surface area contributed by atoms with Gasteiger partial charge >= 0.3 is 5.69 Å². The van der Waals surface area contributed by atoms with Crippen molar-refractivity contribution in [3.8, 4) is 0 Å². The first-order valence-corrected chi connectivity index (χ1v) is 5.83. The molecule has 0 radical (unpaired) electrons. The van der Waals surface area contributed by atoms with E-state index in [1.165, 1.54) is 0 Å². The summed E-state index contributed by atoms with van der Waals surface area (Å²) in [5.41, 5.74) is -2.93. The Hall–Kier alpha value is -1.16. The van der Waals surface area contributed by atoms with Gasteiger partial charge in [0.15, 0.2) is 18.2 Å². The number of aliphatic hydroxyl groups is 2. The molecule has 0 aliphatic carbocycles. The molecule has 1 aromatic rings. The Morgan fingerprint density at radius 3 is 2.84 bits per heavy atom. The molecule has 1 saturated heterocycles. The van der Waals surface area contributed by atoms with Crippen LogP contribution in [0.4, 0.5) is 8.78 Å². The van der Waals surface area contributed by atoms with Crippen LogP contribution in [0.2, 0.25) is 0 Å². The second-order valence-corrected chi connectivity index (χ2v) is 4.89. The first-order chi connectivity index (χ1) is 8.78. The first-order valence-electron chi connectivity index (χ1n) is 5.42. The number of halogens is 2. The lowest BCUT2D eigenvalue weighted by molar-refractivity contribution is -0.0936. The van der Waals surface area contributed by atoms with Crippen molar-refractivity contribution in [3.63, 3.8) is 0 Å². The number of nitrogens with one attached hydrogen (secondary N) is 1. The lowest BCUT2D eigenvalue weighted by Crippen LogP contribution is -2.44. The fourth-order valence-electron chi connectivity index (χ4n) is 2.00. The second kappa shape index (κ2) is 4.75. The molecule has 0 amide bonds. The normalized spacial score (nSPS) is 34.7. The van der Waals surface area contributed by atoms with Crippen LogP contribution in [0.3, 0.4) is 0 Å². The van der Waals surface area contributed by atoms with Crippen LogP contribution in [-0.2, 0) is 4.74 Å². The highest BCUT2D eigenvalue weighted by molar-refractivity contribution is 7.71. The van der Waals surface area contributed by atoms with Gasteiger partial charge in [0.05, 0.1) is 12.8 Å². The molecule has 9 heteroatoms. The summed E-state index contributed by atoms with van der Waals surface area (Å²) in [7, 11) is 0. The van der Waals surface area contributed by atoms with Gasteiger partial charge in [-0.05, 0) is 6.92 Å². The summed E-state index contributed by atoms with van der Waals surface area (Å²) in [6.07, 6.45) is -3.94. The Balaban J connectivity index is 2.51. The molecule has 0 saturated carbocycles. The minimum atomic E-state index is -2.08. The van der Waals surface area contributed by atoms with Gasteiger partial charge in [-0.3, -0.25) is 9.55 Å². The molecule has 106 valence electrons. The fourth-order valence-corrected chi connectivity index (χ4v) is 2.14. The molecule has 4 atom stereocenters. The van der Waals surface area contributed by atoms with E-state index in [1.807, 2.05) is 4.98 Å². The number of aromatic amines is 1. The number of H-pyrrole nitrogens is 1. The monoisotopic (exact) mass is 294 g/mol. The maximum Gasteiger partial charge on any atom is 0.328 e. The molecular weight excluding hydrogens is 282 g/mol. The first kappa shape index (κ1) is 14.3. The molecule has 2 rings (SSSR count). The summed E-state index contributed by atoms with van der Waals surface area (Å²) in [5.74, 6) is -0.906. The third-order valence-electron chi connectivity index (χ3n) is 3.05. The molecule has 2 heterocycles. The van der Waals surface area contributed by atoms with Crippen molar-refractivity contribution in [3.05, 3.63) is 27.1 Å². The Kier molecular flexibility index (Phi) is 3.56. The zero-order valence-corrected chi connectivity index (χ0v) is 10.7. The topological polar surface area (TPSA) is 87.5 Å². The molecule has 0 spiro atoms. The summed E-state index contributed by atoms with van der Waals surface area (Å²) >= 11 is 4.54. The van der Waals surface area contributed by atoms with E-state index in [9.17, 15) is 18.7 Å². The lowest BCUT2D eigenvalue weighted by atomic mass is 9.98. The average molecular weight is 294 g/mol. The van der Waals surface area contributed by atoms with Crippen molar-refractivity contribution >= 4 is 12.2 Å². The maximum atomic E-state index is 13.8. The van der Waals surface area contributed by atoms with E-state index < -0.39 is 46.9 Å². The highest BCUT2D eigenvalue weighted by atomic mass is 32.1. The quantitative estimate of drug-likeness (QED) is 0.670. The fraction of sp³-hybridized carbons (Fsp3) is 0.600. The summed E-state index contributed by atoms with van der Waals surface area (Å²) in [4.78, 5) is 13.7. The van der Waals surface area contributed by atoms with E-state index in [4.69, 9.17) is 9.84 Å². The van der Waals surface area contributed by atoms with E-state index in [0.29, 0.717) is 4.57 Å². The van der Waals surface area contributed by atoms with Crippen molar-refractivity contribution in [1.82, 2.24) is 9.55 Å². The number of hydrogen-bond donors (Lipinski definition) is 3. The van der Waals surface area contributed by atoms with Crippen LogP contribution in [0.25, 0.3) is 0 Å². The van der Waals surface area contributed by atoms with Crippen LogP contribution in [-0.4, -0.2) is 44.2 Å². The second-order valence-electron chi connectivity index (χ2n) is 4.48. The van der Waals surface area contributed by atoms with Gasteiger partial charge in [0.2, 0.25) is 0 Å². The number of nitrogens with zero attached hydrogens (tertiary/aromatic N) is 1. The zero-order valence-electron chi connectivity index (χ0n) is 9.84. The molecule has 0 bridgehead atoms. The number of hydrogen-bond acceptors (Lipinski definition) is 5. The summed E-state index contributed by atoms with van der Waals surface area (Å²) in [5, 5.41) is 19.0. The Labute approximate surface area is 111 Å². The summed E-state index contributed by atoms with van der Waals surface area (Å²) < 4.78 is 32.6. The van der Waals surface area contributed by atoms with Crippen molar-refractivity contribution in [1.29, 1.82) is 0 Å². The van der Waals surface area contributed by atoms with Crippen molar-refractivity contribution in [2.45, 2.75) is 31.0 Å². The predicted octanol–water partition coefficient (Wildman–Crippen LogP) is 0.0238. The van der Waals surface area contributed by atoms with Crippen LogP contribution < -0.4 is 5.69 Å². The molecule has 6 nitrogen and oxygen atoms in total. The predicted molar refractivity (Wildman–Crippen MR) is 62.4 cm³/mol. The summed E-state index contributed by atoms with van der Waals surface area (Å²) in [6, 6.07) is 0. The zero-order chi connectivity index (χ0) is 14.4. The molecule has 1 aliphatic rings. The third-order valence-corrected chi connectivity index (χ3v) is 3.34. The van der Waals surface area contributed by atoms with E-state index in [2.05, 4.69) is 12.2 Å². The van der Waals surface area contributed by atoms with Gasteiger partial charge in [0, 0.05) is 0 Å². The standard InChI is InChI=1S/C10H12F2N2O4S/c1-10(17)6(12)5(3-15)18-8(10)14-2-4(11)7(19)13-9(14)16/h2,5-6,8,15,17H,3H2,1H3,(H,13,16,19)/t5-,6?,8-,10-/m1/s1. The van der Waals surface area contributed by atoms with Gasteiger partial charge in [0.1, 0.15) is 16.3 Å².